The highest BCUT2D eigenvalue weighted by atomic mass is 32.1. The molecule has 0 spiro atoms. The lowest BCUT2D eigenvalue weighted by molar-refractivity contribution is 0.266. The quantitative estimate of drug-likeness (QED) is 0.443. The van der Waals surface area contributed by atoms with Gasteiger partial charge >= 0.3 is 0 Å². The highest BCUT2D eigenvalue weighted by Crippen LogP contribution is 1.73. The number of hydrogen-bond donors (Lipinski definition) is 5. The van der Waals surface area contributed by atoms with Gasteiger partial charge in [0.05, 0.1) is 0 Å². The van der Waals surface area contributed by atoms with Gasteiger partial charge in [0.15, 0.2) is 0 Å². The van der Waals surface area contributed by atoms with Crippen LogP contribution in [0.1, 0.15) is 0 Å². The molecule has 6 nitrogen and oxygen atoms in total. The SMILES string of the molecule is N.NC(=O)S.NC(=O)S.c1ccncc1. The van der Waals surface area contributed by atoms with Crippen LogP contribution in [0.2, 0.25) is 0 Å². The summed E-state index contributed by atoms with van der Waals surface area (Å²) in [5, 5.41) is -1.28. The summed E-state index contributed by atoms with van der Waals surface area (Å²) < 4.78 is 0. The molecule has 1 rings (SSSR count). The van der Waals surface area contributed by atoms with Gasteiger partial charge in [-0.25, -0.2) is 0 Å². The summed E-state index contributed by atoms with van der Waals surface area (Å²) in [6.45, 7) is 0. The summed E-state index contributed by atoms with van der Waals surface area (Å²) in [7, 11) is 0. The average Bonchev–Trinajstić information content (AvgIpc) is 2.05. The van der Waals surface area contributed by atoms with Crippen molar-refractivity contribution in [1.82, 2.24) is 11.1 Å². The fourth-order valence-electron chi connectivity index (χ4n) is 0.313. The molecule has 1 heterocycles. The summed E-state index contributed by atoms with van der Waals surface area (Å²) >= 11 is 6.21. The van der Waals surface area contributed by atoms with Crippen molar-refractivity contribution >= 4 is 35.7 Å². The van der Waals surface area contributed by atoms with E-state index in [1.807, 2.05) is 18.2 Å². The van der Waals surface area contributed by atoms with Crippen molar-refractivity contribution < 1.29 is 9.59 Å². The van der Waals surface area contributed by atoms with Crippen molar-refractivity contribution in [3.63, 3.8) is 0 Å². The first-order valence-electron chi connectivity index (χ1n) is 3.28. The zero-order chi connectivity index (χ0) is 11.4. The number of rotatable bonds is 0. The Morgan fingerprint density at radius 3 is 1.27 bits per heavy atom. The second-order valence-corrected chi connectivity index (χ2v) is 2.58. The molecule has 2 amide bonds. The van der Waals surface area contributed by atoms with E-state index in [9.17, 15) is 0 Å². The molecule has 0 aliphatic heterocycles. The molecule has 0 saturated heterocycles. The number of amides is 2. The molecule has 1 aromatic heterocycles. The van der Waals surface area contributed by atoms with Gasteiger partial charge in [-0.1, -0.05) is 31.3 Å². The molecule has 8 heteroatoms. The topological polar surface area (TPSA) is 134 Å². The number of hydrogen-bond acceptors (Lipinski definition) is 4. The number of carbonyl (C=O) groups excluding carboxylic acids is 2. The maximum atomic E-state index is 9.09. The zero-order valence-electron chi connectivity index (χ0n) is 7.91. The van der Waals surface area contributed by atoms with Crippen LogP contribution < -0.4 is 17.6 Å². The molecule has 0 radical (unpaired) electrons. The van der Waals surface area contributed by atoms with E-state index in [4.69, 9.17) is 9.59 Å². The molecule has 0 aliphatic carbocycles. The maximum Gasteiger partial charge on any atom is 0.273 e. The third-order valence-corrected chi connectivity index (χ3v) is 0.566. The Morgan fingerprint density at radius 2 is 1.20 bits per heavy atom. The van der Waals surface area contributed by atoms with Gasteiger partial charge in [-0.2, -0.15) is 0 Å². The minimum Gasteiger partial charge on any atom is -0.361 e. The van der Waals surface area contributed by atoms with Crippen molar-refractivity contribution in [3.8, 4) is 0 Å². The van der Waals surface area contributed by atoms with Crippen LogP contribution in [0.15, 0.2) is 30.6 Å². The van der Waals surface area contributed by atoms with Crippen LogP contribution in [0.3, 0.4) is 0 Å². The lowest BCUT2D eigenvalue weighted by atomic mass is 10.5. The third-order valence-electron chi connectivity index (χ3n) is 0.566. The fraction of sp³-hybridized carbons (Fsp3) is 0. The summed E-state index contributed by atoms with van der Waals surface area (Å²) in [5.74, 6) is 0. The predicted octanol–water partition coefficient (Wildman–Crippen LogP) is 1.23. The highest BCUT2D eigenvalue weighted by Gasteiger charge is 1.63. The molecular weight excluding hydrogens is 236 g/mol. The normalized spacial score (nSPS) is 6.53. The van der Waals surface area contributed by atoms with E-state index in [2.05, 4.69) is 41.7 Å². The Kier molecular flexibility index (Phi) is 19.6. The number of pyridine rings is 1. The molecule has 7 N–H and O–H groups in total. The van der Waals surface area contributed by atoms with Gasteiger partial charge in [-0.05, 0) is 12.1 Å². The minimum atomic E-state index is -0.639. The van der Waals surface area contributed by atoms with E-state index in [0.29, 0.717) is 0 Å². The number of primary amides is 2. The molecule has 0 saturated carbocycles. The summed E-state index contributed by atoms with van der Waals surface area (Å²) in [6, 6.07) is 5.72. The highest BCUT2D eigenvalue weighted by molar-refractivity contribution is 7.96. The predicted molar refractivity (Wildman–Crippen MR) is 66.4 cm³/mol. The van der Waals surface area contributed by atoms with Crippen LogP contribution >= 0.6 is 25.3 Å². The van der Waals surface area contributed by atoms with E-state index in [1.165, 1.54) is 0 Å². The van der Waals surface area contributed by atoms with E-state index in [-0.39, 0.29) is 6.15 Å². The maximum absolute atomic E-state index is 9.09. The standard InChI is InChI=1S/C5H5N.2CH3NOS.H3N/c1-2-4-6-5-3-1;2*2-1(3)4;/h1-5H;2*(H3,2,3,4);1H3. The second kappa shape index (κ2) is 15.2. The van der Waals surface area contributed by atoms with E-state index >= 15 is 0 Å². The number of thiol groups is 2. The Balaban J connectivity index is -0.000000145. The molecular formula is C7H14N4O2S2. The van der Waals surface area contributed by atoms with Crippen molar-refractivity contribution in [1.29, 1.82) is 0 Å². The lowest BCUT2D eigenvalue weighted by Crippen LogP contribution is -1.95. The van der Waals surface area contributed by atoms with Crippen molar-refractivity contribution in [2.75, 3.05) is 0 Å². The van der Waals surface area contributed by atoms with Crippen LogP contribution in [0.25, 0.3) is 0 Å². The molecule has 0 unspecified atom stereocenters. The third kappa shape index (κ3) is 65.3. The Hall–Kier alpha value is -1.25. The van der Waals surface area contributed by atoms with E-state index in [1.54, 1.807) is 12.4 Å². The van der Waals surface area contributed by atoms with E-state index < -0.39 is 10.5 Å². The Morgan fingerprint density at radius 1 is 0.933 bits per heavy atom. The van der Waals surface area contributed by atoms with Crippen LogP contribution in [-0.2, 0) is 0 Å². The molecule has 15 heavy (non-hydrogen) atoms. The monoisotopic (exact) mass is 250 g/mol. The van der Waals surface area contributed by atoms with Crippen molar-refractivity contribution in [2.24, 2.45) is 11.5 Å². The average molecular weight is 250 g/mol. The Bertz CT molecular complexity index is 212. The largest absolute Gasteiger partial charge is 0.361 e. The molecule has 0 fully saturated rings. The zero-order valence-corrected chi connectivity index (χ0v) is 9.70. The van der Waals surface area contributed by atoms with Crippen molar-refractivity contribution in [3.05, 3.63) is 30.6 Å². The molecule has 0 aliphatic rings. The van der Waals surface area contributed by atoms with E-state index in [0.717, 1.165) is 0 Å². The summed E-state index contributed by atoms with van der Waals surface area (Å²) in [6.07, 6.45) is 3.50. The van der Waals surface area contributed by atoms with Gasteiger partial charge in [-0.15, -0.1) is 0 Å². The van der Waals surface area contributed by atoms with Crippen LogP contribution in [0, 0.1) is 0 Å². The van der Waals surface area contributed by atoms with Crippen molar-refractivity contribution in [2.45, 2.75) is 0 Å². The summed E-state index contributed by atoms with van der Waals surface area (Å²) in [5.41, 5.74) is 8.67. The smallest absolute Gasteiger partial charge is 0.273 e. The number of aromatic nitrogens is 1. The van der Waals surface area contributed by atoms with Gasteiger partial charge in [-0.3, -0.25) is 14.6 Å². The first-order valence-corrected chi connectivity index (χ1v) is 4.18. The minimum absolute atomic E-state index is 0. The number of nitrogens with zero attached hydrogens (tertiary/aromatic N) is 1. The molecule has 0 aromatic carbocycles. The van der Waals surface area contributed by atoms with Gasteiger partial charge in [0.25, 0.3) is 10.5 Å². The number of carbonyl (C=O) groups is 2. The molecule has 1 aromatic rings. The van der Waals surface area contributed by atoms with Gasteiger partial charge in [0.1, 0.15) is 0 Å². The van der Waals surface area contributed by atoms with Crippen LogP contribution in [0.4, 0.5) is 9.59 Å². The number of nitrogens with two attached hydrogens (primary N) is 2. The summed E-state index contributed by atoms with van der Waals surface area (Å²) in [4.78, 5) is 22.0. The lowest BCUT2D eigenvalue weighted by Gasteiger charge is -1.70. The molecule has 86 valence electrons. The first kappa shape index (κ1) is 19.3. The molecule has 0 atom stereocenters. The van der Waals surface area contributed by atoms with Gasteiger partial charge in [0, 0.05) is 12.4 Å². The van der Waals surface area contributed by atoms with Gasteiger partial charge in [0.2, 0.25) is 0 Å². The van der Waals surface area contributed by atoms with Crippen LogP contribution in [-0.4, -0.2) is 15.5 Å². The molecule has 0 bridgehead atoms. The second-order valence-electron chi connectivity index (χ2n) is 1.70. The first-order chi connectivity index (χ1) is 6.46. The fourth-order valence-corrected chi connectivity index (χ4v) is 0.313. The van der Waals surface area contributed by atoms with Crippen LogP contribution in [0.5, 0.6) is 0 Å². The Labute approximate surface area is 98.8 Å². The van der Waals surface area contributed by atoms with Gasteiger partial charge < -0.3 is 17.6 Å².